The molecule has 118 valence electrons. The summed E-state index contributed by atoms with van der Waals surface area (Å²) < 4.78 is 0. The third-order valence-electron chi connectivity index (χ3n) is 5.03. The van der Waals surface area contributed by atoms with Crippen LogP contribution in [0.15, 0.2) is 54.6 Å². The maximum atomic E-state index is 4.91. The third-order valence-corrected chi connectivity index (χ3v) is 5.03. The van der Waals surface area contributed by atoms with Crippen molar-refractivity contribution in [3.63, 3.8) is 0 Å². The van der Waals surface area contributed by atoms with E-state index >= 15 is 0 Å². The van der Waals surface area contributed by atoms with Crippen molar-refractivity contribution in [2.24, 2.45) is 0 Å². The van der Waals surface area contributed by atoms with Gasteiger partial charge in [0.05, 0.1) is 22.1 Å². The normalized spacial score (nSPS) is 15.4. The molecule has 0 amide bonds. The van der Waals surface area contributed by atoms with E-state index in [1.807, 2.05) is 24.3 Å². The highest BCUT2D eigenvalue weighted by Crippen LogP contribution is 2.34. The van der Waals surface area contributed by atoms with E-state index in [-0.39, 0.29) is 0 Å². The monoisotopic (exact) mass is 313 g/mol. The Hall–Kier alpha value is -2.68. The molecule has 0 bridgehead atoms. The molecule has 0 N–H and O–H groups in total. The number of benzene rings is 3. The van der Waals surface area contributed by atoms with E-state index < -0.39 is 0 Å². The first-order valence-corrected chi connectivity index (χ1v) is 8.73. The van der Waals surface area contributed by atoms with Gasteiger partial charge >= 0.3 is 0 Å². The molecule has 2 heterocycles. The lowest BCUT2D eigenvalue weighted by Crippen LogP contribution is -2.29. The second-order valence-corrected chi connectivity index (χ2v) is 6.57. The van der Waals surface area contributed by atoms with Gasteiger partial charge in [0.1, 0.15) is 0 Å². The van der Waals surface area contributed by atoms with Crippen molar-refractivity contribution in [1.29, 1.82) is 0 Å². The summed E-state index contributed by atoms with van der Waals surface area (Å²) in [5.74, 6) is 0. The van der Waals surface area contributed by atoms with Gasteiger partial charge in [-0.15, -0.1) is 0 Å². The molecule has 0 unspecified atom stereocenters. The van der Waals surface area contributed by atoms with Crippen LogP contribution in [0.2, 0.25) is 0 Å². The lowest BCUT2D eigenvalue weighted by molar-refractivity contribution is 0.579. The zero-order chi connectivity index (χ0) is 15.9. The van der Waals surface area contributed by atoms with E-state index in [0.717, 1.165) is 35.2 Å². The second kappa shape index (κ2) is 5.45. The van der Waals surface area contributed by atoms with Crippen LogP contribution in [0.5, 0.6) is 0 Å². The van der Waals surface area contributed by atoms with Gasteiger partial charge in [-0.25, -0.2) is 9.97 Å². The lowest BCUT2D eigenvalue weighted by atomic mass is 10.0. The minimum atomic E-state index is 0.959. The Morgan fingerprint density at radius 3 is 2.12 bits per heavy atom. The van der Waals surface area contributed by atoms with Crippen molar-refractivity contribution >= 4 is 38.5 Å². The number of para-hydroxylation sites is 2. The molecule has 1 fully saturated rings. The highest BCUT2D eigenvalue weighted by Gasteiger charge is 2.16. The molecule has 24 heavy (non-hydrogen) atoms. The predicted octanol–water partition coefficient (Wildman–Crippen LogP) is 4.93. The summed E-state index contributed by atoms with van der Waals surface area (Å²) in [6.07, 6.45) is 3.89. The van der Waals surface area contributed by atoms with Gasteiger partial charge in [0.2, 0.25) is 0 Å². The fourth-order valence-corrected chi connectivity index (χ4v) is 3.83. The fraction of sp³-hybridized carbons (Fsp3) is 0.238. The molecule has 0 atom stereocenters. The van der Waals surface area contributed by atoms with Gasteiger partial charge in [0, 0.05) is 29.5 Å². The second-order valence-electron chi connectivity index (χ2n) is 6.57. The Morgan fingerprint density at radius 1 is 0.667 bits per heavy atom. The Bertz CT molecular complexity index is 1050. The summed E-state index contributed by atoms with van der Waals surface area (Å²) in [6, 6.07) is 19.0. The average molecular weight is 313 g/mol. The molecule has 3 heteroatoms. The number of piperidine rings is 1. The van der Waals surface area contributed by atoms with Gasteiger partial charge in [0.25, 0.3) is 0 Å². The fourth-order valence-electron chi connectivity index (χ4n) is 3.83. The first-order valence-electron chi connectivity index (χ1n) is 8.73. The van der Waals surface area contributed by atoms with Crippen LogP contribution >= 0.6 is 0 Å². The molecular formula is C21H19N3. The van der Waals surface area contributed by atoms with Crippen molar-refractivity contribution in [2.75, 3.05) is 18.0 Å². The summed E-state index contributed by atoms with van der Waals surface area (Å²) in [4.78, 5) is 12.3. The summed E-state index contributed by atoms with van der Waals surface area (Å²) >= 11 is 0. The number of hydrogen-bond donors (Lipinski definition) is 0. The van der Waals surface area contributed by atoms with E-state index in [1.165, 1.54) is 35.7 Å². The minimum Gasteiger partial charge on any atom is -0.371 e. The predicted molar refractivity (Wildman–Crippen MR) is 101 cm³/mol. The molecule has 3 aromatic carbocycles. The molecule has 0 spiro atoms. The standard InChI is InChI=1S/C21H19N3/c1-6-12-24(13-7-1)20-14-19-21(16-9-3-2-8-15(16)20)23-18-11-5-4-10-17(18)22-19/h2-5,8-11,14H,1,6-7,12-13H2. The zero-order valence-electron chi connectivity index (χ0n) is 13.6. The molecule has 0 radical (unpaired) electrons. The highest BCUT2D eigenvalue weighted by molar-refractivity contribution is 6.11. The van der Waals surface area contributed by atoms with Crippen molar-refractivity contribution in [2.45, 2.75) is 19.3 Å². The van der Waals surface area contributed by atoms with Crippen LogP contribution in [-0.4, -0.2) is 23.1 Å². The van der Waals surface area contributed by atoms with Crippen LogP contribution in [0.3, 0.4) is 0 Å². The van der Waals surface area contributed by atoms with E-state index in [4.69, 9.17) is 9.97 Å². The summed E-state index contributed by atoms with van der Waals surface area (Å²) in [7, 11) is 0. The van der Waals surface area contributed by atoms with Crippen LogP contribution in [0.1, 0.15) is 19.3 Å². The average Bonchev–Trinajstić information content (AvgIpc) is 2.66. The summed E-state index contributed by atoms with van der Waals surface area (Å²) in [5, 5.41) is 2.49. The Kier molecular flexibility index (Phi) is 3.12. The largest absolute Gasteiger partial charge is 0.371 e. The van der Waals surface area contributed by atoms with E-state index in [9.17, 15) is 0 Å². The van der Waals surface area contributed by atoms with E-state index in [0.29, 0.717) is 0 Å². The Labute approximate surface area is 140 Å². The number of fused-ring (bicyclic) bond motifs is 4. The number of aromatic nitrogens is 2. The van der Waals surface area contributed by atoms with Crippen LogP contribution in [0.25, 0.3) is 32.8 Å². The van der Waals surface area contributed by atoms with Crippen LogP contribution in [0, 0.1) is 0 Å². The van der Waals surface area contributed by atoms with Gasteiger partial charge < -0.3 is 4.90 Å². The number of hydrogen-bond acceptors (Lipinski definition) is 3. The molecule has 1 aromatic heterocycles. The van der Waals surface area contributed by atoms with Crippen molar-refractivity contribution in [1.82, 2.24) is 9.97 Å². The van der Waals surface area contributed by atoms with Crippen LogP contribution in [0.4, 0.5) is 5.69 Å². The topological polar surface area (TPSA) is 29.0 Å². The van der Waals surface area contributed by atoms with Gasteiger partial charge in [-0.3, -0.25) is 0 Å². The van der Waals surface area contributed by atoms with E-state index in [2.05, 4.69) is 35.2 Å². The molecule has 0 saturated carbocycles. The van der Waals surface area contributed by atoms with Gasteiger partial charge in [-0.1, -0.05) is 36.4 Å². The summed E-state index contributed by atoms with van der Waals surface area (Å²) in [6.45, 7) is 2.27. The van der Waals surface area contributed by atoms with Gasteiger partial charge in [0.15, 0.2) is 0 Å². The lowest BCUT2D eigenvalue weighted by Gasteiger charge is -2.30. The maximum Gasteiger partial charge on any atom is 0.0974 e. The maximum absolute atomic E-state index is 4.91. The number of anilines is 1. The number of nitrogens with zero attached hydrogens (tertiary/aromatic N) is 3. The third kappa shape index (κ3) is 2.12. The van der Waals surface area contributed by atoms with Gasteiger partial charge in [-0.05, 0) is 37.5 Å². The highest BCUT2D eigenvalue weighted by atomic mass is 15.1. The molecule has 3 nitrogen and oxygen atoms in total. The van der Waals surface area contributed by atoms with Gasteiger partial charge in [-0.2, -0.15) is 0 Å². The minimum absolute atomic E-state index is 0.959. The molecule has 0 aliphatic carbocycles. The number of rotatable bonds is 1. The molecule has 5 rings (SSSR count). The van der Waals surface area contributed by atoms with Crippen molar-refractivity contribution in [3.8, 4) is 0 Å². The molecular weight excluding hydrogens is 294 g/mol. The molecule has 4 aromatic rings. The van der Waals surface area contributed by atoms with Crippen LogP contribution < -0.4 is 4.90 Å². The first kappa shape index (κ1) is 13.7. The first-order chi connectivity index (χ1) is 11.9. The summed E-state index contributed by atoms with van der Waals surface area (Å²) in [5.41, 5.74) is 5.23. The molecule has 1 saturated heterocycles. The Morgan fingerprint density at radius 2 is 1.33 bits per heavy atom. The SMILES string of the molecule is c1ccc2nc3c(cc(N4CCCCC4)c4ccccc43)nc2c1. The zero-order valence-corrected chi connectivity index (χ0v) is 13.6. The van der Waals surface area contributed by atoms with Crippen molar-refractivity contribution in [3.05, 3.63) is 54.6 Å². The smallest absolute Gasteiger partial charge is 0.0974 e. The Balaban J connectivity index is 1.86. The van der Waals surface area contributed by atoms with E-state index in [1.54, 1.807) is 0 Å². The molecule has 1 aliphatic rings. The van der Waals surface area contributed by atoms with Crippen LogP contribution in [-0.2, 0) is 0 Å². The quantitative estimate of drug-likeness (QED) is 0.369. The molecule has 1 aliphatic heterocycles. The van der Waals surface area contributed by atoms with Crippen molar-refractivity contribution < 1.29 is 0 Å².